The van der Waals surface area contributed by atoms with Gasteiger partial charge in [-0.1, -0.05) is 12.1 Å². The van der Waals surface area contributed by atoms with E-state index in [1.165, 1.54) is 12.8 Å². The van der Waals surface area contributed by atoms with Crippen LogP contribution in [0.3, 0.4) is 0 Å². The summed E-state index contributed by atoms with van der Waals surface area (Å²) < 4.78 is 11.1. The SMILES string of the molecule is C=CCc1ccc(OCC(=O)N(C)C2CC3CCC(C2)N3)c(OC)c1.Cl. The molecule has 1 amide bonds. The van der Waals surface area contributed by atoms with Crippen molar-refractivity contribution in [2.24, 2.45) is 0 Å². The van der Waals surface area contributed by atoms with E-state index < -0.39 is 0 Å². The summed E-state index contributed by atoms with van der Waals surface area (Å²) in [5.41, 5.74) is 1.10. The fraction of sp³-hybridized carbons (Fsp3) is 0.550. The van der Waals surface area contributed by atoms with Crippen LogP contribution in [-0.4, -0.2) is 49.7 Å². The van der Waals surface area contributed by atoms with E-state index >= 15 is 0 Å². The Morgan fingerprint density at radius 1 is 1.31 bits per heavy atom. The lowest BCUT2D eigenvalue weighted by molar-refractivity contribution is -0.134. The van der Waals surface area contributed by atoms with Gasteiger partial charge < -0.3 is 19.7 Å². The first kappa shape index (κ1) is 20.6. The van der Waals surface area contributed by atoms with E-state index in [0.717, 1.165) is 24.8 Å². The molecule has 2 heterocycles. The normalized spacial score (nSPS) is 23.7. The summed E-state index contributed by atoms with van der Waals surface area (Å²) in [6.07, 6.45) is 7.16. The number of ether oxygens (including phenoxy) is 2. The first-order valence-corrected chi connectivity index (χ1v) is 9.03. The Bertz CT molecular complexity index is 625. The second-order valence-electron chi connectivity index (χ2n) is 7.03. The molecule has 0 aromatic heterocycles. The van der Waals surface area contributed by atoms with Gasteiger partial charge in [0.05, 0.1) is 7.11 Å². The molecule has 0 spiro atoms. The van der Waals surface area contributed by atoms with Crippen LogP contribution in [0.25, 0.3) is 0 Å². The molecule has 144 valence electrons. The average Bonchev–Trinajstić information content (AvgIpc) is 2.97. The Kier molecular flexibility index (Phi) is 7.35. The number of halogens is 1. The highest BCUT2D eigenvalue weighted by molar-refractivity contribution is 5.85. The van der Waals surface area contributed by atoms with Crippen molar-refractivity contribution in [3.8, 4) is 11.5 Å². The molecule has 26 heavy (non-hydrogen) atoms. The first-order chi connectivity index (χ1) is 12.1. The molecular weight excluding hydrogens is 352 g/mol. The van der Waals surface area contributed by atoms with Crippen LogP contribution in [0.5, 0.6) is 11.5 Å². The molecule has 0 saturated carbocycles. The zero-order valence-electron chi connectivity index (χ0n) is 15.6. The van der Waals surface area contributed by atoms with Gasteiger partial charge in [0, 0.05) is 25.2 Å². The minimum atomic E-state index is 0. The van der Waals surface area contributed by atoms with Crippen LogP contribution in [0, 0.1) is 0 Å². The fourth-order valence-electron chi connectivity index (χ4n) is 3.91. The Morgan fingerprint density at radius 2 is 2.00 bits per heavy atom. The van der Waals surface area contributed by atoms with Crippen LogP contribution in [0.4, 0.5) is 0 Å². The Hall–Kier alpha value is -1.72. The van der Waals surface area contributed by atoms with Crippen molar-refractivity contribution in [2.75, 3.05) is 20.8 Å². The third-order valence-electron chi connectivity index (χ3n) is 5.35. The van der Waals surface area contributed by atoms with Gasteiger partial charge in [-0.3, -0.25) is 4.79 Å². The summed E-state index contributed by atoms with van der Waals surface area (Å²) in [7, 11) is 3.50. The van der Waals surface area contributed by atoms with E-state index in [9.17, 15) is 4.79 Å². The number of hydrogen-bond donors (Lipinski definition) is 1. The van der Waals surface area contributed by atoms with Gasteiger partial charge in [-0.2, -0.15) is 0 Å². The summed E-state index contributed by atoms with van der Waals surface area (Å²) in [6, 6.07) is 7.20. The number of fused-ring (bicyclic) bond motifs is 2. The molecule has 5 nitrogen and oxygen atoms in total. The number of nitrogens with zero attached hydrogens (tertiary/aromatic N) is 1. The monoisotopic (exact) mass is 380 g/mol. The Morgan fingerprint density at radius 3 is 2.62 bits per heavy atom. The van der Waals surface area contributed by atoms with Crippen LogP contribution in [0.2, 0.25) is 0 Å². The van der Waals surface area contributed by atoms with Crippen LogP contribution in [0.15, 0.2) is 30.9 Å². The standard InChI is InChI=1S/C20H28N2O3.ClH/c1-4-5-14-6-9-18(19(10-14)24-3)25-13-20(23)22(2)17-11-15-7-8-16(12-17)21-15;/h4,6,9-10,15-17,21H,1,5,7-8,11-13H2,2-3H3;1H. The summed E-state index contributed by atoms with van der Waals surface area (Å²) >= 11 is 0. The van der Waals surface area contributed by atoms with E-state index in [2.05, 4.69) is 11.9 Å². The van der Waals surface area contributed by atoms with Crippen molar-refractivity contribution in [1.29, 1.82) is 0 Å². The fourth-order valence-corrected chi connectivity index (χ4v) is 3.91. The van der Waals surface area contributed by atoms with Crippen LogP contribution in [-0.2, 0) is 11.2 Å². The maximum absolute atomic E-state index is 12.5. The van der Waals surface area contributed by atoms with E-state index in [4.69, 9.17) is 9.47 Å². The van der Waals surface area contributed by atoms with Crippen LogP contribution in [0.1, 0.15) is 31.2 Å². The molecule has 2 bridgehead atoms. The highest BCUT2D eigenvalue weighted by Crippen LogP contribution is 2.30. The van der Waals surface area contributed by atoms with E-state index in [1.807, 2.05) is 36.2 Å². The van der Waals surface area contributed by atoms with Crippen molar-refractivity contribution in [3.63, 3.8) is 0 Å². The van der Waals surface area contributed by atoms with E-state index in [0.29, 0.717) is 29.6 Å². The predicted molar refractivity (Wildman–Crippen MR) is 105 cm³/mol. The summed E-state index contributed by atoms with van der Waals surface area (Å²) in [6.45, 7) is 3.78. The third-order valence-corrected chi connectivity index (χ3v) is 5.35. The van der Waals surface area contributed by atoms with Crippen molar-refractivity contribution in [2.45, 2.75) is 50.2 Å². The van der Waals surface area contributed by atoms with Gasteiger partial charge in [-0.15, -0.1) is 19.0 Å². The molecule has 2 aliphatic rings. The summed E-state index contributed by atoms with van der Waals surface area (Å²) in [4.78, 5) is 14.4. The molecule has 2 fully saturated rings. The number of hydrogen-bond acceptors (Lipinski definition) is 4. The minimum absolute atomic E-state index is 0. The Balaban J connectivity index is 0.00000243. The molecule has 6 heteroatoms. The topological polar surface area (TPSA) is 50.8 Å². The molecule has 3 rings (SSSR count). The molecule has 2 unspecified atom stereocenters. The molecular formula is C20H29ClN2O3. The van der Waals surface area contributed by atoms with Gasteiger partial charge in [0.15, 0.2) is 18.1 Å². The number of carbonyl (C=O) groups excluding carboxylic acids is 1. The van der Waals surface area contributed by atoms with Crippen molar-refractivity contribution < 1.29 is 14.3 Å². The lowest BCUT2D eigenvalue weighted by Crippen LogP contribution is -2.49. The van der Waals surface area contributed by atoms with Gasteiger partial charge >= 0.3 is 0 Å². The van der Waals surface area contributed by atoms with Crippen molar-refractivity contribution >= 4 is 18.3 Å². The number of methoxy groups -OCH3 is 1. The number of amides is 1. The maximum Gasteiger partial charge on any atom is 0.260 e. The predicted octanol–water partition coefficient (Wildman–Crippen LogP) is 2.97. The summed E-state index contributed by atoms with van der Waals surface area (Å²) in [5, 5.41) is 3.61. The highest BCUT2D eigenvalue weighted by Gasteiger charge is 2.36. The zero-order valence-corrected chi connectivity index (χ0v) is 16.4. The average molecular weight is 381 g/mol. The lowest BCUT2D eigenvalue weighted by atomic mass is 9.98. The molecule has 1 aromatic rings. The number of rotatable bonds is 7. The van der Waals surface area contributed by atoms with E-state index in [-0.39, 0.29) is 24.9 Å². The Labute approximate surface area is 162 Å². The largest absolute Gasteiger partial charge is 0.493 e. The van der Waals surface area contributed by atoms with Gasteiger partial charge in [0.25, 0.3) is 5.91 Å². The number of likely N-dealkylation sites (N-methyl/N-ethyl adjacent to an activating group) is 1. The van der Waals surface area contributed by atoms with Crippen LogP contribution >= 0.6 is 12.4 Å². The highest BCUT2D eigenvalue weighted by atomic mass is 35.5. The number of nitrogens with one attached hydrogen (secondary N) is 1. The number of carbonyl (C=O) groups is 1. The number of piperidine rings is 1. The zero-order chi connectivity index (χ0) is 17.8. The van der Waals surface area contributed by atoms with Crippen molar-refractivity contribution in [1.82, 2.24) is 10.2 Å². The van der Waals surface area contributed by atoms with Gasteiger partial charge in [0.1, 0.15) is 0 Å². The molecule has 1 aromatic carbocycles. The smallest absolute Gasteiger partial charge is 0.260 e. The van der Waals surface area contributed by atoms with Gasteiger partial charge in [-0.05, 0) is 49.8 Å². The molecule has 0 aliphatic carbocycles. The van der Waals surface area contributed by atoms with Gasteiger partial charge in [-0.25, -0.2) is 0 Å². The van der Waals surface area contributed by atoms with E-state index in [1.54, 1.807) is 7.11 Å². The minimum Gasteiger partial charge on any atom is -0.493 e. The molecule has 0 radical (unpaired) electrons. The number of allylic oxidation sites excluding steroid dienone is 1. The quantitative estimate of drug-likeness (QED) is 0.739. The lowest BCUT2D eigenvalue weighted by Gasteiger charge is -2.35. The van der Waals surface area contributed by atoms with Crippen LogP contribution < -0.4 is 14.8 Å². The van der Waals surface area contributed by atoms with Gasteiger partial charge in [0.2, 0.25) is 0 Å². The number of benzene rings is 1. The summed E-state index contributed by atoms with van der Waals surface area (Å²) in [5.74, 6) is 1.26. The maximum atomic E-state index is 12.5. The second-order valence-corrected chi connectivity index (χ2v) is 7.03. The van der Waals surface area contributed by atoms with Crippen molar-refractivity contribution in [3.05, 3.63) is 36.4 Å². The molecule has 1 N–H and O–H groups in total. The second kappa shape index (κ2) is 9.28. The molecule has 2 saturated heterocycles. The third kappa shape index (κ3) is 4.71. The first-order valence-electron chi connectivity index (χ1n) is 9.03. The molecule has 2 atom stereocenters. The molecule has 2 aliphatic heterocycles.